The first kappa shape index (κ1) is 14.5. The molecule has 0 aliphatic rings. The van der Waals surface area contributed by atoms with Crippen molar-refractivity contribution in [3.8, 4) is 0 Å². The number of nitrogens with two attached hydrogens (primary N) is 1. The Morgan fingerprint density at radius 3 is 2.85 bits per heavy atom. The van der Waals surface area contributed by atoms with Crippen LogP contribution in [0.4, 0.5) is 5.82 Å². The summed E-state index contributed by atoms with van der Waals surface area (Å²) in [5.74, 6) is 0.795. The van der Waals surface area contributed by atoms with Gasteiger partial charge in [0, 0.05) is 30.5 Å². The van der Waals surface area contributed by atoms with Gasteiger partial charge in [-0.05, 0) is 38.5 Å². The van der Waals surface area contributed by atoms with E-state index in [1.165, 1.54) is 5.69 Å². The molecular formula is C14H19N5S. The van der Waals surface area contributed by atoms with Crippen LogP contribution in [0.15, 0.2) is 24.4 Å². The number of rotatable bonds is 6. The Morgan fingerprint density at radius 1 is 1.40 bits per heavy atom. The fourth-order valence-electron chi connectivity index (χ4n) is 2.03. The molecule has 0 aromatic carbocycles. The molecular weight excluding hydrogens is 270 g/mol. The lowest BCUT2D eigenvalue weighted by Crippen LogP contribution is -2.12. The van der Waals surface area contributed by atoms with Gasteiger partial charge in [0.25, 0.3) is 0 Å². The van der Waals surface area contributed by atoms with Crippen LogP contribution in [0.5, 0.6) is 0 Å². The number of hydrogen-bond acceptors (Lipinski definition) is 4. The summed E-state index contributed by atoms with van der Waals surface area (Å²) in [4.78, 5) is 4.63. The predicted molar refractivity (Wildman–Crippen MR) is 84.9 cm³/mol. The maximum absolute atomic E-state index is 5.60. The van der Waals surface area contributed by atoms with Crippen molar-refractivity contribution in [3.05, 3.63) is 41.3 Å². The van der Waals surface area contributed by atoms with Crippen LogP contribution >= 0.6 is 12.2 Å². The van der Waals surface area contributed by atoms with Crippen LogP contribution in [-0.4, -0.2) is 26.3 Å². The van der Waals surface area contributed by atoms with E-state index in [1.54, 1.807) is 6.20 Å². The first-order chi connectivity index (χ1) is 9.56. The second kappa shape index (κ2) is 6.47. The molecule has 0 aliphatic carbocycles. The first-order valence-electron chi connectivity index (χ1n) is 6.57. The van der Waals surface area contributed by atoms with Gasteiger partial charge in [0.1, 0.15) is 10.8 Å². The highest BCUT2D eigenvalue weighted by Crippen LogP contribution is 2.07. The maximum Gasteiger partial charge on any atom is 0.126 e. The molecule has 106 valence electrons. The fraction of sp³-hybridized carbons (Fsp3) is 0.357. The fourth-order valence-corrected chi connectivity index (χ4v) is 2.15. The van der Waals surface area contributed by atoms with E-state index in [1.807, 2.05) is 23.7 Å². The van der Waals surface area contributed by atoms with E-state index in [4.69, 9.17) is 18.0 Å². The Bertz CT molecular complexity index is 605. The molecule has 0 bridgehead atoms. The van der Waals surface area contributed by atoms with E-state index >= 15 is 0 Å². The molecule has 0 fully saturated rings. The summed E-state index contributed by atoms with van der Waals surface area (Å²) in [6.45, 7) is 5.79. The number of hydrogen-bond donors (Lipinski definition) is 2. The number of thiocarbonyl (C=S) groups is 1. The van der Waals surface area contributed by atoms with Gasteiger partial charge in [-0.25, -0.2) is 4.98 Å². The highest BCUT2D eigenvalue weighted by molar-refractivity contribution is 7.80. The molecule has 0 aliphatic heterocycles. The number of anilines is 1. The lowest BCUT2D eigenvalue weighted by atomic mass is 10.2. The van der Waals surface area contributed by atoms with Crippen molar-refractivity contribution in [2.75, 3.05) is 11.9 Å². The van der Waals surface area contributed by atoms with E-state index in [9.17, 15) is 0 Å². The van der Waals surface area contributed by atoms with Crippen LogP contribution in [-0.2, 0) is 6.54 Å². The Hall–Kier alpha value is -1.95. The van der Waals surface area contributed by atoms with Crippen LogP contribution < -0.4 is 11.1 Å². The monoisotopic (exact) mass is 289 g/mol. The summed E-state index contributed by atoms with van der Waals surface area (Å²) in [7, 11) is 0. The summed E-state index contributed by atoms with van der Waals surface area (Å²) in [6.07, 6.45) is 2.68. The average molecular weight is 289 g/mol. The van der Waals surface area contributed by atoms with Gasteiger partial charge >= 0.3 is 0 Å². The van der Waals surface area contributed by atoms with Crippen LogP contribution in [0.3, 0.4) is 0 Å². The maximum atomic E-state index is 5.60. The molecule has 0 saturated carbocycles. The number of pyridine rings is 1. The third-order valence-electron chi connectivity index (χ3n) is 3.00. The van der Waals surface area contributed by atoms with Crippen LogP contribution in [0.25, 0.3) is 0 Å². The lowest BCUT2D eigenvalue weighted by molar-refractivity contribution is 0.573. The molecule has 3 N–H and O–H groups in total. The van der Waals surface area contributed by atoms with E-state index in [0.29, 0.717) is 4.99 Å². The van der Waals surface area contributed by atoms with Gasteiger partial charge in [0.15, 0.2) is 0 Å². The van der Waals surface area contributed by atoms with Crippen molar-refractivity contribution in [1.29, 1.82) is 0 Å². The standard InChI is InChI=1S/C14H19N5S/c1-10-8-11(2)19(18-10)7-3-5-16-13-9-12(14(15)20)4-6-17-13/h4,6,8-9H,3,5,7H2,1-2H3,(H2,15,20)(H,16,17). The van der Waals surface area contributed by atoms with Crippen molar-refractivity contribution in [3.63, 3.8) is 0 Å². The highest BCUT2D eigenvalue weighted by Gasteiger charge is 2.01. The summed E-state index contributed by atoms with van der Waals surface area (Å²) in [6, 6.07) is 5.76. The molecule has 6 heteroatoms. The van der Waals surface area contributed by atoms with Gasteiger partial charge in [-0.15, -0.1) is 0 Å². The van der Waals surface area contributed by atoms with Crippen molar-refractivity contribution < 1.29 is 0 Å². The van der Waals surface area contributed by atoms with E-state index in [-0.39, 0.29) is 0 Å². The van der Waals surface area contributed by atoms with Crippen LogP contribution in [0.2, 0.25) is 0 Å². The summed E-state index contributed by atoms with van der Waals surface area (Å²) in [5, 5.41) is 7.70. The van der Waals surface area contributed by atoms with E-state index in [2.05, 4.69) is 28.4 Å². The van der Waals surface area contributed by atoms with E-state index in [0.717, 1.165) is 36.6 Å². The zero-order valence-corrected chi connectivity index (χ0v) is 12.6. The van der Waals surface area contributed by atoms with Crippen molar-refractivity contribution in [2.45, 2.75) is 26.8 Å². The third kappa shape index (κ3) is 3.77. The highest BCUT2D eigenvalue weighted by atomic mass is 32.1. The van der Waals surface area contributed by atoms with Crippen LogP contribution in [0.1, 0.15) is 23.4 Å². The Balaban J connectivity index is 1.83. The van der Waals surface area contributed by atoms with Gasteiger partial charge in [0.2, 0.25) is 0 Å². The lowest BCUT2D eigenvalue weighted by Gasteiger charge is -2.08. The first-order valence-corrected chi connectivity index (χ1v) is 6.98. The molecule has 5 nitrogen and oxygen atoms in total. The average Bonchev–Trinajstić information content (AvgIpc) is 2.73. The van der Waals surface area contributed by atoms with Crippen molar-refractivity contribution in [2.24, 2.45) is 5.73 Å². The Kier molecular flexibility index (Phi) is 4.68. The predicted octanol–water partition coefficient (Wildman–Crippen LogP) is 2.03. The van der Waals surface area contributed by atoms with Crippen molar-refractivity contribution in [1.82, 2.24) is 14.8 Å². The second-order valence-corrected chi connectivity index (χ2v) is 5.16. The topological polar surface area (TPSA) is 68.8 Å². The molecule has 2 aromatic heterocycles. The summed E-state index contributed by atoms with van der Waals surface area (Å²) >= 11 is 4.95. The van der Waals surface area contributed by atoms with Gasteiger partial charge in [-0.1, -0.05) is 12.2 Å². The van der Waals surface area contributed by atoms with E-state index < -0.39 is 0 Å². The third-order valence-corrected chi connectivity index (χ3v) is 3.24. The number of aryl methyl sites for hydroxylation is 3. The molecule has 2 rings (SSSR count). The largest absolute Gasteiger partial charge is 0.389 e. The smallest absolute Gasteiger partial charge is 0.126 e. The Labute approximate surface area is 124 Å². The number of nitrogens with zero attached hydrogens (tertiary/aromatic N) is 3. The molecule has 20 heavy (non-hydrogen) atoms. The molecule has 2 aromatic rings. The molecule has 2 heterocycles. The normalized spacial score (nSPS) is 10.5. The second-order valence-electron chi connectivity index (χ2n) is 4.72. The quantitative estimate of drug-likeness (QED) is 0.629. The molecule has 0 unspecified atom stereocenters. The SMILES string of the molecule is Cc1cc(C)n(CCCNc2cc(C(N)=S)ccn2)n1. The molecule has 0 atom stereocenters. The minimum Gasteiger partial charge on any atom is -0.389 e. The number of nitrogens with one attached hydrogen (secondary N) is 1. The zero-order valence-electron chi connectivity index (χ0n) is 11.8. The zero-order chi connectivity index (χ0) is 14.5. The molecule has 0 amide bonds. The number of aromatic nitrogens is 3. The van der Waals surface area contributed by atoms with Gasteiger partial charge in [-0.2, -0.15) is 5.10 Å². The summed E-state index contributed by atoms with van der Waals surface area (Å²) in [5.41, 5.74) is 8.67. The van der Waals surface area contributed by atoms with Gasteiger partial charge < -0.3 is 11.1 Å². The minimum atomic E-state index is 0.387. The van der Waals surface area contributed by atoms with Crippen LogP contribution in [0, 0.1) is 13.8 Å². The van der Waals surface area contributed by atoms with Gasteiger partial charge in [0.05, 0.1) is 5.69 Å². The molecule has 0 radical (unpaired) electrons. The molecule has 0 saturated heterocycles. The molecule has 0 spiro atoms. The minimum absolute atomic E-state index is 0.387. The Morgan fingerprint density at radius 2 is 2.20 bits per heavy atom. The summed E-state index contributed by atoms with van der Waals surface area (Å²) < 4.78 is 2.02. The van der Waals surface area contributed by atoms with Crippen molar-refractivity contribution >= 4 is 23.0 Å². The van der Waals surface area contributed by atoms with Gasteiger partial charge in [-0.3, -0.25) is 4.68 Å².